The van der Waals surface area contributed by atoms with E-state index < -0.39 is 0 Å². The molecule has 0 aliphatic carbocycles. The van der Waals surface area contributed by atoms with E-state index in [-0.39, 0.29) is 17.7 Å². The van der Waals surface area contributed by atoms with Gasteiger partial charge < -0.3 is 19.5 Å². The second-order valence-electron chi connectivity index (χ2n) is 5.56. The number of piperidine rings is 1. The van der Waals surface area contributed by atoms with Crippen LogP contribution in [0.4, 0.5) is 0 Å². The van der Waals surface area contributed by atoms with Crippen molar-refractivity contribution >= 4 is 5.97 Å². The standard InChI is InChI=1S/C15H20N2O4/c1-19-14(18)11-2-5-17-13(8-11)21-12-9-15(20-10-12)3-6-16-7-4-15/h2,5,8,12,16H,3-4,6-7,9-10H2,1H3. The molecule has 1 spiro atoms. The van der Waals surface area contributed by atoms with Crippen molar-refractivity contribution in [3.63, 3.8) is 0 Å². The molecule has 0 aromatic carbocycles. The summed E-state index contributed by atoms with van der Waals surface area (Å²) in [5, 5.41) is 3.34. The van der Waals surface area contributed by atoms with E-state index in [0.29, 0.717) is 18.1 Å². The molecule has 21 heavy (non-hydrogen) atoms. The molecule has 114 valence electrons. The fourth-order valence-corrected chi connectivity index (χ4v) is 3.00. The van der Waals surface area contributed by atoms with E-state index in [1.807, 2.05) is 0 Å². The summed E-state index contributed by atoms with van der Waals surface area (Å²) < 4.78 is 16.6. The van der Waals surface area contributed by atoms with Gasteiger partial charge in [-0.05, 0) is 32.0 Å². The van der Waals surface area contributed by atoms with Crippen molar-refractivity contribution in [1.29, 1.82) is 0 Å². The van der Waals surface area contributed by atoms with Gasteiger partial charge in [0.2, 0.25) is 5.88 Å². The molecule has 2 aliphatic heterocycles. The van der Waals surface area contributed by atoms with Gasteiger partial charge in [-0.3, -0.25) is 0 Å². The maximum absolute atomic E-state index is 11.5. The molecule has 3 heterocycles. The number of nitrogens with zero attached hydrogens (tertiary/aromatic N) is 1. The van der Waals surface area contributed by atoms with Crippen molar-refractivity contribution in [2.24, 2.45) is 0 Å². The number of rotatable bonds is 3. The zero-order chi connectivity index (χ0) is 14.7. The highest BCUT2D eigenvalue weighted by Crippen LogP contribution is 2.35. The van der Waals surface area contributed by atoms with Gasteiger partial charge in [-0.2, -0.15) is 0 Å². The fourth-order valence-electron chi connectivity index (χ4n) is 3.00. The molecule has 2 saturated heterocycles. The van der Waals surface area contributed by atoms with Crippen LogP contribution in [0, 0.1) is 0 Å². The van der Waals surface area contributed by atoms with Gasteiger partial charge in [0.05, 0.1) is 24.9 Å². The number of aromatic nitrogens is 1. The minimum Gasteiger partial charge on any atom is -0.472 e. The van der Waals surface area contributed by atoms with E-state index in [1.165, 1.54) is 7.11 Å². The smallest absolute Gasteiger partial charge is 0.338 e. The van der Waals surface area contributed by atoms with E-state index in [4.69, 9.17) is 14.2 Å². The van der Waals surface area contributed by atoms with E-state index >= 15 is 0 Å². The first-order valence-electron chi connectivity index (χ1n) is 7.26. The third-order valence-electron chi connectivity index (χ3n) is 4.13. The molecule has 2 aliphatic rings. The molecule has 2 fully saturated rings. The Morgan fingerprint density at radius 1 is 1.48 bits per heavy atom. The Balaban J connectivity index is 1.63. The average Bonchev–Trinajstić information content (AvgIpc) is 2.89. The van der Waals surface area contributed by atoms with Crippen molar-refractivity contribution in [3.05, 3.63) is 23.9 Å². The van der Waals surface area contributed by atoms with E-state index in [9.17, 15) is 4.79 Å². The van der Waals surface area contributed by atoms with Crippen LogP contribution in [-0.4, -0.2) is 49.5 Å². The summed E-state index contributed by atoms with van der Waals surface area (Å²) in [6, 6.07) is 3.22. The summed E-state index contributed by atoms with van der Waals surface area (Å²) in [4.78, 5) is 15.7. The molecule has 0 amide bonds. The van der Waals surface area contributed by atoms with Gasteiger partial charge in [0.15, 0.2) is 0 Å². The molecule has 1 atom stereocenters. The Hall–Kier alpha value is -1.66. The lowest BCUT2D eigenvalue weighted by Gasteiger charge is -2.32. The molecule has 6 nitrogen and oxygen atoms in total. The molecule has 0 bridgehead atoms. The maximum atomic E-state index is 11.5. The van der Waals surface area contributed by atoms with Gasteiger partial charge in [-0.25, -0.2) is 9.78 Å². The van der Waals surface area contributed by atoms with Crippen LogP contribution < -0.4 is 10.1 Å². The highest BCUT2D eigenvalue weighted by atomic mass is 16.6. The summed E-state index contributed by atoms with van der Waals surface area (Å²) in [5.74, 6) is 0.0530. The number of hydrogen-bond acceptors (Lipinski definition) is 6. The molecular formula is C15H20N2O4. The van der Waals surface area contributed by atoms with Crippen LogP contribution in [0.1, 0.15) is 29.6 Å². The summed E-state index contributed by atoms with van der Waals surface area (Å²) >= 11 is 0. The second-order valence-corrected chi connectivity index (χ2v) is 5.56. The fraction of sp³-hybridized carbons (Fsp3) is 0.600. The highest BCUT2D eigenvalue weighted by Gasteiger charge is 2.42. The lowest BCUT2D eigenvalue weighted by atomic mass is 9.89. The van der Waals surface area contributed by atoms with Crippen molar-refractivity contribution in [3.8, 4) is 5.88 Å². The normalized spacial score (nSPS) is 24.0. The molecule has 6 heteroatoms. The minimum atomic E-state index is -0.389. The van der Waals surface area contributed by atoms with Crippen LogP contribution in [0.15, 0.2) is 18.3 Å². The molecule has 1 aromatic heterocycles. The Bertz CT molecular complexity index is 514. The topological polar surface area (TPSA) is 69.7 Å². The van der Waals surface area contributed by atoms with Crippen molar-refractivity contribution in [1.82, 2.24) is 10.3 Å². The number of carbonyl (C=O) groups excluding carboxylic acids is 1. The van der Waals surface area contributed by atoms with Crippen LogP contribution in [0.3, 0.4) is 0 Å². The van der Waals surface area contributed by atoms with Crippen LogP contribution >= 0.6 is 0 Å². The van der Waals surface area contributed by atoms with Gasteiger partial charge >= 0.3 is 5.97 Å². The predicted molar refractivity (Wildman–Crippen MR) is 75.4 cm³/mol. The monoisotopic (exact) mass is 292 g/mol. The number of nitrogens with one attached hydrogen (secondary N) is 1. The van der Waals surface area contributed by atoms with Gasteiger partial charge in [-0.1, -0.05) is 0 Å². The van der Waals surface area contributed by atoms with Gasteiger partial charge in [0.25, 0.3) is 0 Å². The first-order chi connectivity index (χ1) is 10.2. The first kappa shape index (κ1) is 14.3. The van der Waals surface area contributed by atoms with E-state index in [0.717, 1.165) is 32.4 Å². The van der Waals surface area contributed by atoms with Crippen LogP contribution in [0.25, 0.3) is 0 Å². The summed E-state index contributed by atoms with van der Waals surface area (Å²) in [6.45, 7) is 2.55. The quantitative estimate of drug-likeness (QED) is 0.843. The van der Waals surface area contributed by atoms with Crippen molar-refractivity contribution in [2.75, 3.05) is 26.8 Å². The van der Waals surface area contributed by atoms with E-state index in [1.54, 1.807) is 18.3 Å². The average molecular weight is 292 g/mol. The molecule has 1 aromatic rings. The first-order valence-corrected chi connectivity index (χ1v) is 7.26. The lowest BCUT2D eigenvalue weighted by Crippen LogP contribution is -2.41. The summed E-state index contributed by atoms with van der Waals surface area (Å²) in [5.41, 5.74) is 0.397. The summed E-state index contributed by atoms with van der Waals surface area (Å²) in [7, 11) is 1.36. The highest BCUT2D eigenvalue weighted by molar-refractivity contribution is 5.89. The molecule has 1 N–H and O–H groups in total. The van der Waals surface area contributed by atoms with Crippen LogP contribution in [0.2, 0.25) is 0 Å². The number of hydrogen-bond donors (Lipinski definition) is 1. The minimum absolute atomic E-state index is 0.0107. The van der Waals surface area contributed by atoms with E-state index in [2.05, 4.69) is 10.3 Å². The molecule has 1 unspecified atom stereocenters. The molecule has 0 radical (unpaired) electrons. The Morgan fingerprint density at radius 2 is 2.29 bits per heavy atom. The number of esters is 1. The zero-order valence-corrected chi connectivity index (χ0v) is 12.1. The Kier molecular flexibility index (Phi) is 4.07. The van der Waals surface area contributed by atoms with Crippen LogP contribution in [0.5, 0.6) is 5.88 Å². The molecule has 3 rings (SSSR count). The Labute approximate surface area is 123 Å². The lowest BCUT2D eigenvalue weighted by molar-refractivity contribution is -0.0205. The van der Waals surface area contributed by atoms with Gasteiger partial charge in [0.1, 0.15) is 6.10 Å². The number of pyridine rings is 1. The third kappa shape index (κ3) is 3.16. The Morgan fingerprint density at radius 3 is 3.05 bits per heavy atom. The number of methoxy groups -OCH3 is 1. The number of carbonyl (C=O) groups is 1. The predicted octanol–water partition coefficient (Wildman–Crippen LogP) is 1.16. The van der Waals surface area contributed by atoms with Crippen LogP contribution in [-0.2, 0) is 9.47 Å². The van der Waals surface area contributed by atoms with Crippen molar-refractivity contribution in [2.45, 2.75) is 31.0 Å². The van der Waals surface area contributed by atoms with Gasteiger partial charge in [-0.15, -0.1) is 0 Å². The molecule has 0 saturated carbocycles. The second kappa shape index (κ2) is 5.99. The maximum Gasteiger partial charge on any atom is 0.338 e. The molecular weight excluding hydrogens is 272 g/mol. The largest absolute Gasteiger partial charge is 0.472 e. The van der Waals surface area contributed by atoms with Crippen molar-refractivity contribution < 1.29 is 19.0 Å². The zero-order valence-electron chi connectivity index (χ0n) is 12.1. The number of ether oxygens (including phenoxy) is 3. The third-order valence-corrected chi connectivity index (χ3v) is 4.13. The SMILES string of the molecule is COC(=O)c1ccnc(OC2COC3(CCNCC3)C2)c1. The summed E-state index contributed by atoms with van der Waals surface area (Å²) in [6.07, 6.45) is 4.45. The van der Waals surface area contributed by atoms with Gasteiger partial charge in [0, 0.05) is 18.7 Å².